The SMILES string of the molecule is O=C(Nc1ccc2c(c1)OCO2)c1c[nH]c2ccc(F)cc12. The van der Waals surface area contributed by atoms with E-state index in [2.05, 4.69) is 10.3 Å². The molecule has 2 N–H and O–H groups in total. The fourth-order valence-corrected chi connectivity index (χ4v) is 2.45. The lowest BCUT2D eigenvalue weighted by molar-refractivity contribution is 0.102. The van der Waals surface area contributed by atoms with E-state index >= 15 is 0 Å². The van der Waals surface area contributed by atoms with Gasteiger partial charge >= 0.3 is 0 Å². The van der Waals surface area contributed by atoms with Crippen molar-refractivity contribution in [3.63, 3.8) is 0 Å². The molecule has 1 aromatic heterocycles. The monoisotopic (exact) mass is 298 g/mol. The molecule has 0 atom stereocenters. The highest BCUT2D eigenvalue weighted by molar-refractivity contribution is 6.12. The molecule has 0 spiro atoms. The van der Waals surface area contributed by atoms with E-state index in [0.717, 1.165) is 0 Å². The largest absolute Gasteiger partial charge is 0.454 e. The van der Waals surface area contributed by atoms with Crippen LogP contribution in [0.25, 0.3) is 10.9 Å². The molecule has 2 heterocycles. The van der Waals surface area contributed by atoms with Gasteiger partial charge in [-0.2, -0.15) is 0 Å². The van der Waals surface area contributed by atoms with Gasteiger partial charge < -0.3 is 19.8 Å². The molecule has 6 heteroatoms. The van der Waals surface area contributed by atoms with Crippen molar-refractivity contribution in [3.05, 3.63) is 54.0 Å². The Labute approximate surface area is 124 Å². The van der Waals surface area contributed by atoms with Crippen molar-refractivity contribution in [1.29, 1.82) is 0 Å². The van der Waals surface area contributed by atoms with Crippen molar-refractivity contribution < 1.29 is 18.7 Å². The highest BCUT2D eigenvalue weighted by Crippen LogP contribution is 2.34. The number of ether oxygens (including phenoxy) is 2. The minimum absolute atomic E-state index is 0.175. The predicted molar refractivity (Wildman–Crippen MR) is 78.8 cm³/mol. The molecule has 5 nitrogen and oxygen atoms in total. The minimum Gasteiger partial charge on any atom is -0.454 e. The second-order valence-corrected chi connectivity index (χ2v) is 4.91. The number of aromatic nitrogens is 1. The van der Waals surface area contributed by atoms with Crippen LogP contribution in [0.2, 0.25) is 0 Å². The number of anilines is 1. The fraction of sp³-hybridized carbons (Fsp3) is 0.0625. The van der Waals surface area contributed by atoms with E-state index in [1.54, 1.807) is 30.5 Å². The number of fused-ring (bicyclic) bond motifs is 2. The average molecular weight is 298 g/mol. The standard InChI is InChI=1S/C16H11FN2O3/c17-9-1-3-13-11(5-9)12(7-18-13)16(20)19-10-2-4-14-15(6-10)22-8-21-14/h1-7,18H,8H2,(H,19,20). The van der Waals surface area contributed by atoms with Crippen LogP contribution in [0, 0.1) is 5.82 Å². The van der Waals surface area contributed by atoms with Crippen molar-refractivity contribution in [3.8, 4) is 11.5 Å². The molecule has 1 aliphatic rings. The first-order chi connectivity index (χ1) is 10.7. The number of aromatic amines is 1. The molecule has 0 saturated carbocycles. The molecule has 0 saturated heterocycles. The molecule has 3 aromatic rings. The summed E-state index contributed by atoms with van der Waals surface area (Å²) in [5, 5.41) is 3.31. The van der Waals surface area contributed by atoms with Gasteiger partial charge in [-0.1, -0.05) is 0 Å². The molecule has 0 aliphatic carbocycles. The quantitative estimate of drug-likeness (QED) is 0.763. The van der Waals surface area contributed by atoms with Crippen LogP contribution in [0.15, 0.2) is 42.6 Å². The first kappa shape index (κ1) is 12.7. The highest BCUT2D eigenvalue weighted by Gasteiger charge is 2.16. The summed E-state index contributed by atoms with van der Waals surface area (Å²) in [6, 6.07) is 9.42. The molecule has 2 aromatic carbocycles. The molecular formula is C16H11FN2O3. The summed E-state index contributed by atoms with van der Waals surface area (Å²) in [5.41, 5.74) is 1.67. The van der Waals surface area contributed by atoms with E-state index in [4.69, 9.17) is 9.47 Å². The topological polar surface area (TPSA) is 63.4 Å². The Balaban J connectivity index is 1.65. The third-order valence-corrected chi connectivity index (χ3v) is 3.52. The number of rotatable bonds is 2. The Morgan fingerprint density at radius 2 is 2.00 bits per heavy atom. The van der Waals surface area contributed by atoms with Gasteiger partial charge in [0, 0.05) is 28.9 Å². The zero-order valence-electron chi connectivity index (χ0n) is 11.4. The van der Waals surface area contributed by atoms with E-state index in [-0.39, 0.29) is 18.5 Å². The Bertz CT molecular complexity index is 888. The van der Waals surface area contributed by atoms with E-state index in [1.807, 2.05) is 0 Å². The van der Waals surface area contributed by atoms with Crippen molar-refractivity contribution in [2.45, 2.75) is 0 Å². The van der Waals surface area contributed by atoms with Crippen LogP contribution >= 0.6 is 0 Å². The summed E-state index contributed by atoms with van der Waals surface area (Å²) in [4.78, 5) is 15.3. The molecule has 110 valence electrons. The summed E-state index contributed by atoms with van der Waals surface area (Å²) >= 11 is 0. The number of hydrogen-bond acceptors (Lipinski definition) is 3. The van der Waals surface area contributed by atoms with Crippen molar-refractivity contribution in [1.82, 2.24) is 4.98 Å². The van der Waals surface area contributed by atoms with Gasteiger partial charge in [0.05, 0.1) is 5.56 Å². The van der Waals surface area contributed by atoms with Gasteiger partial charge in [0.2, 0.25) is 6.79 Å². The van der Waals surface area contributed by atoms with E-state index in [1.165, 1.54) is 12.1 Å². The van der Waals surface area contributed by atoms with Gasteiger partial charge in [-0.15, -0.1) is 0 Å². The molecule has 0 radical (unpaired) electrons. The summed E-state index contributed by atoms with van der Waals surface area (Å²) in [7, 11) is 0. The van der Waals surface area contributed by atoms with Gasteiger partial charge in [-0.25, -0.2) is 4.39 Å². The summed E-state index contributed by atoms with van der Waals surface area (Å²) in [6.45, 7) is 0.175. The van der Waals surface area contributed by atoms with Crippen LogP contribution in [0.5, 0.6) is 11.5 Å². The van der Waals surface area contributed by atoms with E-state index in [9.17, 15) is 9.18 Å². The molecule has 1 aliphatic heterocycles. The van der Waals surface area contributed by atoms with Gasteiger partial charge in [-0.05, 0) is 30.3 Å². The zero-order chi connectivity index (χ0) is 15.1. The zero-order valence-corrected chi connectivity index (χ0v) is 11.4. The van der Waals surface area contributed by atoms with Crippen LogP contribution in [-0.4, -0.2) is 17.7 Å². The molecule has 1 amide bonds. The van der Waals surface area contributed by atoms with Crippen molar-refractivity contribution in [2.24, 2.45) is 0 Å². The Morgan fingerprint density at radius 1 is 1.14 bits per heavy atom. The lowest BCUT2D eigenvalue weighted by atomic mass is 10.1. The summed E-state index contributed by atoms with van der Waals surface area (Å²) in [5.74, 6) is 0.523. The number of benzene rings is 2. The number of carbonyl (C=O) groups is 1. The molecule has 4 rings (SSSR count). The Kier molecular flexibility index (Phi) is 2.75. The first-order valence-electron chi connectivity index (χ1n) is 6.68. The second kappa shape index (κ2) is 4.77. The van der Waals surface area contributed by atoms with Gasteiger partial charge in [0.1, 0.15) is 5.82 Å². The molecule has 0 unspecified atom stereocenters. The predicted octanol–water partition coefficient (Wildman–Crippen LogP) is 3.29. The van der Waals surface area contributed by atoms with Crippen LogP contribution < -0.4 is 14.8 Å². The van der Waals surface area contributed by atoms with Crippen LogP contribution in [0.1, 0.15) is 10.4 Å². The van der Waals surface area contributed by atoms with E-state index in [0.29, 0.717) is 33.7 Å². The van der Waals surface area contributed by atoms with Crippen molar-refractivity contribution in [2.75, 3.05) is 12.1 Å². The first-order valence-corrected chi connectivity index (χ1v) is 6.68. The lowest BCUT2D eigenvalue weighted by Gasteiger charge is -2.05. The van der Waals surface area contributed by atoms with Gasteiger partial charge in [0.25, 0.3) is 5.91 Å². The highest BCUT2D eigenvalue weighted by atomic mass is 19.1. The van der Waals surface area contributed by atoms with Crippen LogP contribution in [0.4, 0.5) is 10.1 Å². The number of carbonyl (C=O) groups excluding carboxylic acids is 1. The third kappa shape index (κ3) is 2.05. The number of nitrogens with one attached hydrogen (secondary N) is 2. The second-order valence-electron chi connectivity index (χ2n) is 4.91. The number of H-pyrrole nitrogens is 1. The molecule has 0 fully saturated rings. The maximum atomic E-state index is 13.4. The maximum absolute atomic E-state index is 13.4. The summed E-state index contributed by atoms with van der Waals surface area (Å²) in [6.07, 6.45) is 1.56. The lowest BCUT2D eigenvalue weighted by Crippen LogP contribution is -2.11. The third-order valence-electron chi connectivity index (χ3n) is 3.52. The smallest absolute Gasteiger partial charge is 0.257 e. The van der Waals surface area contributed by atoms with Crippen molar-refractivity contribution >= 4 is 22.5 Å². The molecule has 0 bridgehead atoms. The average Bonchev–Trinajstić information content (AvgIpc) is 3.12. The Morgan fingerprint density at radius 3 is 2.91 bits per heavy atom. The Hall–Kier alpha value is -3.02. The summed E-state index contributed by atoms with van der Waals surface area (Å²) < 4.78 is 23.8. The van der Waals surface area contributed by atoms with Gasteiger partial charge in [0.15, 0.2) is 11.5 Å². The fourth-order valence-electron chi connectivity index (χ4n) is 2.45. The maximum Gasteiger partial charge on any atom is 0.257 e. The van der Waals surface area contributed by atoms with Gasteiger partial charge in [-0.3, -0.25) is 4.79 Å². The molecule has 22 heavy (non-hydrogen) atoms. The van der Waals surface area contributed by atoms with Crippen LogP contribution in [0.3, 0.4) is 0 Å². The molecular weight excluding hydrogens is 287 g/mol. The van der Waals surface area contributed by atoms with E-state index < -0.39 is 0 Å². The minimum atomic E-state index is -0.385. The normalized spacial score (nSPS) is 12.6. The number of amides is 1. The number of halogens is 1. The van der Waals surface area contributed by atoms with Crippen LogP contribution in [-0.2, 0) is 0 Å². The number of hydrogen-bond donors (Lipinski definition) is 2.